The van der Waals surface area contributed by atoms with Gasteiger partial charge in [-0.05, 0) is 31.6 Å². The molecule has 164 valence electrons. The third kappa shape index (κ3) is 3.39. The number of anilines is 1. The molecule has 2 amide bonds. The summed E-state index contributed by atoms with van der Waals surface area (Å²) < 4.78 is 12.8. The van der Waals surface area contributed by atoms with Gasteiger partial charge >= 0.3 is 0 Å². The molecule has 2 unspecified atom stereocenters. The van der Waals surface area contributed by atoms with Crippen LogP contribution in [0.3, 0.4) is 0 Å². The molecule has 1 fully saturated rings. The average molecular weight is 425 g/mol. The van der Waals surface area contributed by atoms with Crippen molar-refractivity contribution in [3.63, 3.8) is 0 Å². The number of carbonyl (C=O) groups excluding carboxylic acids is 2. The van der Waals surface area contributed by atoms with E-state index in [0.717, 1.165) is 12.0 Å². The normalized spacial score (nSPS) is 19.6. The van der Waals surface area contributed by atoms with Crippen molar-refractivity contribution in [2.24, 2.45) is 11.7 Å². The van der Waals surface area contributed by atoms with Crippen LogP contribution in [0.5, 0.6) is 11.5 Å². The van der Waals surface area contributed by atoms with Crippen molar-refractivity contribution in [1.29, 1.82) is 0 Å². The molecular formula is C22H27N5O4. The number of benzene rings is 1. The van der Waals surface area contributed by atoms with Crippen LogP contribution in [-0.4, -0.2) is 60.3 Å². The van der Waals surface area contributed by atoms with Crippen LogP contribution < -0.4 is 20.5 Å². The van der Waals surface area contributed by atoms with Gasteiger partial charge in [-0.2, -0.15) is 5.10 Å². The zero-order valence-corrected chi connectivity index (χ0v) is 18.0. The lowest BCUT2D eigenvalue weighted by atomic mass is 9.90. The van der Waals surface area contributed by atoms with E-state index < -0.39 is 5.91 Å². The minimum Gasteiger partial charge on any atom is -0.496 e. The molecule has 2 atom stereocenters. The Morgan fingerprint density at radius 3 is 2.55 bits per heavy atom. The lowest BCUT2D eigenvalue weighted by Crippen LogP contribution is -2.48. The third-order valence-corrected chi connectivity index (χ3v) is 6.21. The number of rotatable bonds is 5. The van der Waals surface area contributed by atoms with Crippen molar-refractivity contribution in [2.45, 2.75) is 19.4 Å². The number of likely N-dealkylation sites (tertiary alicyclic amines) is 1. The topological polar surface area (TPSA) is 112 Å². The van der Waals surface area contributed by atoms with Crippen molar-refractivity contribution >= 4 is 17.6 Å². The molecule has 1 aromatic heterocycles. The molecule has 0 aliphatic carbocycles. The Labute approximate surface area is 180 Å². The molecule has 2 aliphatic heterocycles. The van der Waals surface area contributed by atoms with E-state index in [4.69, 9.17) is 20.3 Å². The molecule has 0 bridgehead atoms. The molecule has 2 aromatic rings. The lowest BCUT2D eigenvalue weighted by Gasteiger charge is -2.41. The molecule has 31 heavy (non-hydrogen) atoms. The first kappa shape index (κ1) is 20.8. The minimum absolute atomic E-state index is 0.0613. The highest BCUT2D eigenvalue weighted by molar-refractivity contribution is 6.04. The summed E-state index contributed by atoms with van der Waals surface area (Å²) in [5.74, 6) is 1.43. The number of nitrogens with two attached hydrogens (primary N) is 1. The molecule has 9 nitrogen and oxygen atoms in total. The Bertz CT molecular complexity index is 1040. The second-order valence-corrected chi connectivity index (χ2v) is 7.87. The first-order chi connectivity index (χ1) is 14.9. The van der Waals surface area contributed by atoms with Gasteiger partial charge < -0.3 is 25.4 Å². The van der Waals surface area contributed by atoms with Crippen LogP contribution in [0.2, 0.25) is 0 Å². The number of carbonyl (C=O) groups is 2. The number of nitrogens with one attached hydrogen (secondary N) is 1. The SMILES string of the molecule is C=CC(=O)N1CCC2C(CNc3c(C(N)=O)c(-c4cc(OC)c(C)c(OC)c4)nn32)C1. The smallest absolute Gasteiger partial charge is 0.254 e. The number of primary amides is 1. The van der Waals surface area contributed by atoms with Gasteiger partial charge in [0.25, 0.3) is 5.91 Å². The summed E-state index contributed by atoms with van der Waals surface area (Å²) in [5.41, 5.74) is 8.15. The summed E-state index contributed by atoms with van der Waals surface area (Å²) in [4.78, 5) is 26.3. The average Bonchev–Trinajstić information content (AvgIpc) is 3.18. The quantitative estimate of drug-likeness (QED) is 0.709. The monoisotopic (exact) mass is 425 g/mol. The summed E-state index contributed by atoms with van der Waals surface area (Å²) >= 11 is 0. The molecule has 4 rings (SSSR count). The molecule has 1 saturated heterocycles. The van der Waals surface area contributed by atoms with Gasteiger partial charge in [-0.25, -0.2) is 4.68 Å². The van der Waals surface area contributed by atoms with Crippen molar-refractivity contribution < 1.29 is 19.1 Å². The Balaban J connectivity index is 1.79. The number of amides is 2. The first-order valence-electron chi connectivity index (χ1n) is 10.2. The van der Waals surface area contributed by atoms with E-state index in [9.17, 15) is 9.59 Å². The van der Waals surface area contributed by atoms with E-state index in [1.54, 1.807) is 19.1 Å². The number of nitrogens with zero attached hydrogens (tertiary/aromatic N) is 3. The maximum Gasteiger partial charge on any atom is 0.254 e. The summed E-state index contributed by atoms with van der Waals surface area (Å²) in [7, 11) is 3.17. The van der Waals surface area contributed by atoms with Crippen LogP contribution in [0.25, 0.3) is 11.3 Å². The highest BCUT2D eigenvalue weighted by Gasteiger charge is 2.39. The van der Waals surface area contributed by atoms with Crippen LogP contribution in [0, 0.1) is 12.8 Å². The second-order valence-electron chi connectivity index (χ2n) is 7.87. The van der Waals surface area contributed by atoms with Gasteiger partial charge in [-0.15, -0.1) is 0 Å². The van der Waals surface area contributed by atoms with Gasteiger partial charge in [-0.3, -0.25) is 9.59 Å². The van der Waals surface area contributed by atoms with E-state index in [1.165, 1.54) is 6.08 Å². The first-order valence-corrected chi connectivity index (χ1v) is 10.2. The fourth-order valence-corrected chi connectivity index (χ4v) is 4.60. The zero-order chi connectivity index (χ0) is 22.3. The number of aromatic nitrogens is 2. The Hall–Kier alpha value is -3.49. The Kier molecular flexibility index (Phi) is 5.34. The number of ether oxygens (including phenoxy) is 2. The van der Waals surface area contributed by atoms with E-state index in [2.05, 4.69) is 11.9 Å². The number of hydrogen-bond donors (Lipinski definition) is 2. The van der Waals surface area contributed by atoms with Gasteiger partial charge in [0.15, 0.2) is 0 Å². The summed E-state index contributed by atoms with van der Waals surface area (Å²) in [5, 5.41) is 8.14. The molecule has 0 spiro atoms. The van der Waals surface area contributed by atoms with E-state index in [0.29, 0.717) is 53.8 Å². The fourth-order valence-electron chi connectivity index (χ4n) is 4.60. The van der Waals surface area contributed by atoms with Crippen LogP contribution in [0.4, 0.5) is 5.82 Å². The molecule has 2 aliphatic rings. The van der Waals surface area contributed by atoms with E-state index in [-0.39, 0.29) is 17.9 Å². The van der Waals surface area contributed by atoms with Crippen molar-refractivity contribution in [3.05, 3.63) is 35.9 Å². The number of methoxy groups -OCH3 is 2. The summed E-state index contributed by atoms with van der Waals surface area (Å²) in [6, 6.07) is 3.73. The maximum absolute atomic E-state index is 12.4. The predicted molar refractivity (Wildman–Crippen MR) is 116 cm³/mol. The van der Waals surface area contributed by atoms with Crippen molar-refractivity contribution in [3.8, 4) is 22.8 Å². The second kappa shape index (κ2) is 7.98. The molecular weight excluding hydrogens is 398 g/mol. The molecule has 0 radical (unpaired) electrons. The van der Waals surface area contributed by atoms with Crippen molar-refractivity contribution in [2.75, 3.05) is 39.2 Å². The van der Waals surface area contributed by atoms with Gasteiger partial charge in [-0.1, -0.05) is 6.58 Å². The fraction of sp³-hybridized carbons (Fsp3) is 0.409. The van der Waals surface area contributed by atoms with Crippen LogP contribution in [-0.2, 0) is 4.79 Å². The molecule has 3 heterocycles. The molecule has 1 aromatic carbocycles. The number of hydrogen-bond acceptors (Lipinski definition) is 6. The minimum atomic E-state index is -0.556. The Morgan fingerprint density at radius 1 is 1.29 bits per heavy atom. The van der Waals surface area contributed by atoms with Crippen molar-refractivity contribution in [1.82, 2.24) is 14.7 Å². The van der Waals surface area contributed by atoms with Gasteiger partial charge in [0, 0.05) is 36.7 Å². The number of fused-ring (bicyclic) bond motifs is 3. The largest absolute Gasteiger partial charge is 0.496 e. The third-order valence-electron chi connectivity index (χ3n) is 6.21. The van der Waals surface area contributed by atoms with Crippen LogP contribution >= 0.6 is 0 Å². The number of piperidine rings is 1. The van der Waals surface area contributed by atoms with Gasteiger partial charge in [0.2, 0.25) is 5.91 Å². The van der Waals surface area contributed by atoms with E-state index >= 15 is 0 Å². The van der Waals surface area contributed by atoms with Gasteiger partial charge in [0.05, 0.1) is 20.3 Å². The summed E-state index contributed by atoms with van der Waals surface area (Å²) in [6.07, 6.45) is 2.08. The highest BCUT2D eigenvalue weighted by Crippen LogP contribution is 2.41. The standard InChI is InChI=1S/C22H27N5O4/c1-5-18(28)26-7-6-15-14(11-26)10-24-22-19(21(23)29)20(25-27(15)22)13-8-16(30-3)12(2)17(9-13)31-4/h5,8-9,14-15,24H,1,6-7,10-11H2,2-4H3,(H2,23,29). The van der Waals surface area contributed by atoms with Gasteiger partial charge in [0.1, 0.15) is 28.6 Å². The molecule has 9 heteroatoms. The maximum atomic E-state index is 12.4. The zero-order valence-electron chi connectivity index (χ0n) is 18.0. The van der Waals surface area contributed by atoms with Crippen LogP contribution in [0.15, 0.2) is 24.8 Å². The molecule has 0 saturated carbocycles. The lowest BCUT2D eigenvalue weighted by molar-refractivity contribution is -0.128. The summed E-state index contributed by atoms with van der Waals surface area (Å²) in [6.45, 7) is 7.32. The highest BCUT2D eigenvalue weighted by atomic mass is 16.5. The predicted octanol–water partition coefficient (Wildman–Crippen LogP) is 1.98. The Morgan fingerprint density at radius 2 is 1.97 bits per heavy atom. The molecule has 3 N–H and O–H groups in total. The van der Waals surface area contributed by atoms with Crippen LogP contribution in [0.1, 0.15) is 28.4 Å². The van der Waals surface area contributed by atoms with E-state index in [1.807, 2.05) is 23.7 Å².